The molecule has 1 aliphatic heterocycles. The molecule has 1 heterocycles. The summed E-state index contributed by atoms with van der Waals surface area (Å²) in [7, 11) is 0. The summed E-state index contributed by atoms with van der Waals surface area (Å²) >= 11 is 0. The maximum Gasteiger partial charge on any atom is 0.188 e. The van der Waals surface area contributed by atoms with Crippen LogP contribution in [0, 0.1) is 5.92 Å². The third-order valence-electron chi connectivity index (χ3n) is 4.07. The van der Waals surface area contributed by atoms with Crippen molar-refractivity contribution < 1.29 is 14.7 Å². The van der Waals surface area contributed by atoms with E-state index >= 15 is 0 Å². The highest BCUT2D eigenvalue weighted by molar-refractivity contribution is 5.97. The van der Waals surface area contributed by atoms with E-state index in [1.165, 1.54) is 12.8 Å². The summed E-state index contributed by atoms with van der Waals surface area (Å²) in [6.45, 7) is 1.74. The number of hydrogen-bond donors (Lipinski definition) is 1. The maximum absolute atomic E-state index is 12.0. The van der Waals surface area contributed by atoms with Gasteiger partial charge in [0.05, 0.1) is 6.54 Å². The predicted molar refractivity (Wildman–Crippen MR) is 74.6 cm³/mol. The van der Waals surface area contributed by atoms with Crippen molar-refractivity contribution in [3.8, 4) is 0 Å². The number of aliphatic hydroxyl groups excluding tert-OH is 1. The van der Waals surface area contributed by atoms with Gasteiger partial charge < -0.3 is 5.11 Å². The van der Waals surface area contributed by atoms with Crippen molar-refractivity contribution in [2.75, 3.05) is 19.7 Å². The average molecular weight is 273 g/mol. The standard InChI is InChI=1S/C16H19NO3/c18-10-16(20)13-4-3-12-6-15(19)9-17(7-11-1-2-11)8-14(12)5-13/h3-5,11,18H,1-2,6-10H2. The maximum atomic E-state index is 12.0. The Bertz CT molecular complexity index is 549. The van der Waals surface area contributed by atoms with Crippen molar-refractivity contribution in [3.05, 3.63) is 34.9 Å². The molecule has 3 rings (SSSR count). The fourth-order valence-corrected chi connectivity index (χ4v) is 2.82. The largest absolute Gasteiger partial charge is 0.388 e. The van der Waals surface area contributed by atoms with E-state index in [9.17, 15) is 9.59 Å². The number of carbonyl (C=O) groups is 2. The number of Topliss-reactive ketones (excluding diaryl/α,β-unsaturated/α-hetero) is 2. The molecule has 1 N–H and O–H groups in total. The van der Waals surface area contributed by atoms with Crippen LogP contribution < -0.4 is 0 Å². The van der Waals surface area contributed by atoms with Crippen molar-refractivity contribution in [3.63, 3.8) is 0 Å². The van der Waals surface area contributed by atoms with Crippen molar-refractivity contribution >= 4 is 11.6 Å². The van der Waals surface area contributed by atoms with Gasteiger partial charge in [-0.15, -0.1) is 0 Å². The third-order valence-corrected chi connectivity index (χ3v) is 4.07. The Morgan fingerprint density at radius 1 is 1.25 bits per heavy atom. The summed E-state index contributed by atoms with van der Waals surface area (Å²) in [6, 6.07) is 5.41. The second-order valence-electron chi connectivity index (χ2n) is 5.89. The van der Waals surface area contributed by atoms with E-state index in [4.69, 9.17) is 5.11 Å². The highest BCUT2D eigenvalue weighted by Gasteiger charge is 2.27. The lowest BCUT2D eigenvalue weighted by Crippen LogP contribution is -2.29. The molecule has 0 atom stereocenters. The van der Waals surface area contributed by atoms with E-state index in [0.29, 0.717) is 18.5 Å². The van der Waals surface area contributed by atoms with Crippen LogP contribution in [0.2, 0.25) is 0 Å². The minimum atomic E-state index is -0.469. The minimum absolute atomic E-state index is 0.241. The van der Waals surface area contributed by atoms with Crippen LogP contribution in [-0.4, -0.2) is 41.3 Å². The van der Waals surface area contributed by atoms with E-state index in [1.807, 2.05) is 12.1 Å². The van der Waals surface area contributed by atoms with Crippen LogP contribution in [-0.2, 0) is 17.8 Å². The molecule has 0 saturated heterocycles. The summed E-state index contributed by atoms with van der Waals surface area (Å²) < 4.78 is 0. The minimum Gasteiger partial charge on any atom is -0.388 e. The number of nitrogens with zero attached hydrogens (tertiary/aromatic N) is 1. The van der Waals surface area contributed by atoms with Crippen LogP contribution in [0.1, 0.15) is 34.3 Å². The number of carbonyl (C=O) groups excluding carboxylic acids is 2. The van der Waals surface area contributed by atoms with Crippen LogP contribution in [0.25, 0.3) is 0 Å². The topological polar surface area (TPSA) is 57.6 Å². The molecule has 1 saturated carbocycles. The van der Waals surface area contributed by atoms with Gasteiger partial charge in [0.15, 0.2) is 11.6 Å². The summed E-state index contributed by atoms with van der Waals surface area (Å²) in [5, 5.41) is 8.96. The molecule has 0 radical (unpaired) electrons. The molecule has 2 aliphatic rings. The number of ketones is 2. The lowest BCUT2D eigenvalue weighted by atomic mass is 9.99. The molecule has 20 heavy (non-hydrogen) atoms. The van der Waals surface area contributed by atoms with Crippen LogP contribution in [0.4, 0.5) is 0 Å². The van der Waals surface area contributed by atoms with Crippen LogP contribution in [0.3, 0.4) is 0 Å². The van der Waals surface area contributed by atoms with Gasteiger partial charge in [-0.3, -0.25) is 14.5 Å². The molecular formula is C16H19NO3. The first-order chi connectivity index (χ1) is 9.65. The molecule has 1 aliphatic carbocycles. The van der Waals surface area contributed by atoms with E-state index < -0.39 is 6.61 Å². The Kier molecular flexibility index (Phi) is 3.68. The highest BCUT2D eigenvalue weighted by atomic mass is 16.3. The quantitative estimate of drug-likeness (QED) is 0.837. The van der Waals surface area contributed by atoms with Gasteiger partial charge in [0.2, 0.25) is 0 Å². The highest BCUT2D eigenvalue weighted by Crippen LogP contribution is 2.31. The van der Waals surface area contributed by atoms with Gasteiger partial charge in [-0.05, 0) is 36.0 Å². The fourth-order valence-electron chi connectivity index (χ4n) is 2.82. The molecule has 0 unspecified atom stereocenters. The average Bonchev–Trinajstić information content (AvgIpc) is 3.24. The summed E-state index contributed by atoms with van der Waals surface area (Å²) in [5.74, 6) is 0.717. The van der Waals surface area contributed by atoms with E-state index in [2.05, 4.69) is 4.90 Å². The molecule has 0 bridgehead atoms. The fraction of sp³-hybridized carbons (Fsp3) is 0.500. The van der Waals surface area contributed by atoms with Crippen molar-refractivity contribution in [2.24, 2.45) is 5.92 Å². The van der Waals surface area contributed by atoms with Gasteiger partial charge in [0.25, 0.3) is 0 Å². The summed E-state index contributed by atoms with van der Waals surface area (Å²) in [5.41, 5.74) is 2.60. The normalized spacial score (nSPS) is 19.6. The van der Waals surface area contributed by atoms with Crippen molar-refractivity contribution in [1.82, 2.24) is 4.90 Å². The Morgan fingerprint density at radius 2 is 2.05 bits per heavy atom. The van der Waals surface area contributed by atoms with Crippen LogP contribution in [0.5, 0.6) is 0 Å². The summed E-state index contributed by atoms with van der Waals surface area (Å²) in [6.07, 6.45) is 2.98. The molecule has 0 aromatic heterocycles. The SMILES string of the molecule is O=C1Cc2ccc(C(=O)CO)cc2CN(CC2CC2)C1. The zero-order chi connectivity index (χ0) is 14.1. The van der Waals surface area contributed by atoms with Gasteiger partial charge in [0.1, 0.15) is 6.61 Å². The Labute approximate surface area is 118 Å². The van der Waals surface area contributed by atoms with Crippen molar-refractivity contribution in [2.45, 2.75) is 25.8 Å². The first-order valence-electron chi connectivity index (χ1n) is 7.15. The number of rotatable bonds is 4. The monoisotopic (exact) mass is 273 g/mol. The first kappa shape index (κ1) is 13.5. The van der Waals surface area contributed by atoms with Gasteiger partial charge in [-0.2, -0.15) is 0 Å². The van der Waals surface area contributed by atoms with E-state index in [0.717, 1.165) is 30.1 Å². The Morgan fingerprint density at radius 3 is 2.75 bits per heavy atom. The zero-order valence-electron chi connectivity index (χ0n) is 11.5. The van der Waals surface area contributed by atoms with Crippen LogP contribution in [0.15, 0.2) is 18.2 Å². The molecule has 1 aromatic rings. The number of hydrogen-bond acceptors (Lipinski definition) is 4. The Balaban J connectivity index is 1.86. The first-order valence-corrected chi connectivity index (χ1v) is 7.15. The number of benzene rings is 1. The molecule has 4 nitrogen and oxygen atoms in total. The number of aliphatic hydroxyl groups is 1. The van der Waals surface area contributed by atoms with Gasteiger partial charge >= 0.3 is 0 Å². The smallest absolute Gasteiger partial charge is 0.188 e. The van der Waals surface area contributed by atoms with Crippen LogP contribution >= 0.6 is 0 Å². The Hall–Kier alpha value is -1.52. The molecule has 4 heteroatoms. The van der Waals surface area contributed by atoms with Gasteiger partial charge in [-0.1, -0.05) is 12.1 Å². The predicted octanol–water partition coefficient (Wildman–Crippen LogP) is 1.20. The second-order valence-corrected chi connectivity index (χ2v) is 5.89. The summed E-state index contributed by atoms with van der Waals surface area (Å²) in [4.78, 5) is 25.8. The lowest BCUT2D eigenvalue weighted by Gasteiger charge is -2.19. The molecule has 0 spiro atoms. The second kappa shape index (κ2) is 5.46. The molecule has 106 valence electrons. The number of fused-ring (bicyclic) bond motifs is 1. The third kappa shape index (κ3) is 2.97. The molecular weight excluding hydrogens is 254 g/mol. The lowest BCUT2D eigenvalue weighted by molar-refractivity contribution is -0.119. The van der Waals surface area contributed by atoms with E-state index in [1.54, 1.807) is 6.07 Å². The molecule has 1 aromatic carbocycles. The molecule has 1 fully saturated rings. The van der Waals surface area contributed by atoms with Crippen molar-refractivity contribution in [1.29, 1.82) is 0 Å². The van der Waals surface area contributed by atoms with E-state index in [-0.39, 0.29) is 11.6 Å². The van der Waals surface area contributed by atoms with Gasteiger partial charge in [-0.25, -0.2) is 0 Å². The molecule has 0 amide bonds. The van der Waals surface area contributed by atoms with Gasteiger partial charge in [0, 0.05) is 25.1 Å². The zero-order valence-corrected chi connectivity index (χ0v) is 11.5.